The molecule has 0 radical (unpaired) electrons. The number of anilines is 2. The van der Waals surface area contributed by atoms with Crippen LogP contribution in [0, 0.1) is 12.7 Å². The lowest BCUT2D eigenvalue weighted by Crippen LogP contribution is -2.38. The lowest BCUT2D eigenvalue weighted by molar-refractivity contribution is 0.466. The summed E-state index contributed by atoms with van der Waals surface area (Å²) in [4.78, 5) is 13.6. The van der Waals surface area contributed by atoms with Crippen molar-refractivity contribution in [3.8, 4) is 22.9 Å². The number of sulfonamides is 1. The van der Waals surface area contributed by atoms with Gasteiger partial charge in [0.05, 0.1) is 22.7 Å². The zero-order valence-corrected chi connectivity index (χ0v) is 24.6. The number of halogens is 2. The fourth-order valence-corrected chi connectivity index (χ4v) is 6.03. The third kappa shape index (κ3) is 7.22. The van der Waals surface area contributed by atoms with Crippen LogP contribution in [-0.4, -0.2) is 48.3 Å². The molecule has 3 N–H and O–H groups in total. The maximum Gasteiger partial charge on any atom is 0.232 e. The zero-order chi connectivity index (χ0) is 28.1. The molecule has 2 aromatic carbocycles. The number of unbranched alkanes of at least 4 members (excludes halogenated alkanes) is 1. The number of fused-ring (bicyclic) bond motifs is 1. The van der Waals surface area contributed by atoms with Gasteiger partial charge in [-0.15, -0.1) is 12.4 Å². The number of rotatable bonds is 10. The number of nitrogens with one attached hydrogen (secondary N) is 3. The van der Waals surface area contributed by atoms with E-state index in [0.29, 0.717) is 52.4 Å². The van der Waals surface area contributed by atoms with Crippen LogP contribution in [0.4, 0.5) is 16.0 Å². The van der Waals surface area contributed by atoms with Crippen molar-refractivity contribution in [1.82, 2.24) is 20.3 Å². The molecule has 0 amide bonds. The highest BCUT2D eigenvalue weighted by molar-refractivity contribution is 7.92. The second-order valence-corrected chi connectivity index (χ2v) is 11.8. The minimum Gasteiger partial charge on any atom is -0.437 e. The van der Waals surface area contributed by atoms with Crippen molar-refractivity contribution in [3.05, 3.63) is 66.2 Å². The predicted molar refractivity (Wildman–Crippen MR) is 163 cm³/mol. The molecule has 1 fully saturated rings. The number of benzene rings is 2. The van der Waals surface area contributed by atoms with Gasteiger partial charge in [0.2, 0.25) is 21.9 Å². The van der Waals surface area contributed by atoms with Crippen LogP contribution in [0.5, 0.6) is 11.6 Å². The second kappa shape index (κ2) is 13.4. The lowest BCUT2D eigenvalue weighted by Gasteiger charge is -2.23. The van der Waals surface area contributed by atoms with Gasteiger partial charge in [-0.2, -0.15) is 0 Å². The number of nitrogens with zero attached hydrogens (tertiary/aromatic N) is 3. The van der Waals surface area contributed by atoms with E-state index in [1.54, 1.807) is 42.7 Å². The highest BCUT2D eigenvalue weighted by Gasteiger charge is 2.20. The smallest absolute Gasteiger partial charge is 0.232 e. The standard InChI is InChI=1S/C29H33FN6O3S.ClH/c1-3-4-17-40(37,38)36-26-21-10-9-19(2)27(22(21)11-12-24(26)30)39-28-23(8-6-15-32-28)25-13-16-33-29(35-25)34-20-7-5-14-31-18-20;/h6,8-13,15-16,20,31,36H,3-5,7,14,17-18H2,1-2H3,(H,33,34,35);1H. The Morgan fingerprint density at radius 1 is 1.10 bits per heavy atom. The average Bonchev–Trinajstić information content (AvgIpc) is 2.96. The normalized spacial score (nSPS) is 15.2. The summed E-state index contributed by atoms with van der Waals surface area (Å²) >= 11 is 0. The van der Waals surface area contributed by atoms with Crippen LogP contribution in [0.1, 0.15) is 38.2 Å². The number of aromatic nitrogens is 3. The topological polar surface area (TPSA) is 118 Å². The molecule has 5 rings (SSSR count). The Hall–Kier alpha value is -3.54. The van der Waals surface area contributed by atoms with Gasteiger partial charge in [-0.3, -0.25) is 4.72 Å². The van der Waals surface area contributed by atoms with Gasteiger partial charge in [-0.1, -0.05) is 25.5 Å². The first-order valence-corrected chi connectivity index (χ1v) is 15.2. The summed E-state index contributed by atoms with van der Waals surface area (Å²) in [5, 5.41) is 7.73. The van der Waals surface area contributed by atoms with Crippen LogP contribution in [0.25, 0.3) is 22.0 Å². The molecular formula is C29H34ClFN6O3S. The number of hydrogen-bond acceptors (Lipinski definition) is 8. The molecule has 2 aromatic heterocycles. The van der Waals surface area contributed by atoms with Crippen LogP contribution in [0.15, 0.2) is 54.9 Å². The highest BCUT2D eigenvalue weighted by Crippen LogP contribution is 2.39. The minimum atomic E-state index is -3.72. The van der Waals surface area contributed by atoms with E-state index in [0.717, 1.165) is 31.5 Å². The molecule has 3 heterocycles. The fourth-order valence-electron chi connectivity index (χ4n) is 4.74. The Labute approximate surface area is 245 Å². The molecule has 1 saturated heterocycles. The van der Waals surface area contributed by atoms with Crippen LogP contribution >= 0.6 is 12.4 Å². The zero-order valence-electron chi connectivity index (χ0n) is 23.0. The minimum absolute atomic E-state index is 0. The molecule has 41 heavy (non-hydrogen) atoms. The third-order valence-electron chi connectivity index (χ3n) is 6.85. The maximum absolute atomic E-state index is 14.9. The van der Waals surface area contributed by atoms with Crippen molar-refractivity contribution in [3.63, 3.8) is 0 Å². The molecule has 218 valence electrons. The van der Waals surface area contributed by atoms with Crippen molar-refractivity contribution in [2.45, 2.75) is 45.6 Å². The first kappa shape index (κ1) is 30.4. The molecule has 0 spiro atoms. The molecule has 0 aliphatic carbocycles. The molecule has 4 aromatic rings. The molecule has 1 aliphatic rings. The number of pyridine rings is 1. The largest absolute Gasteiger partial charge is 0.437 e. The fraction of sp³-hybridized carbons (Fsp3) is 0.345. The van der Waals surface area contributed by atoms with Crippen molar-refractivity contribution in [2.75, 3.05) is 28.9 Å². The van der Waals surface area contributed by atoms with E-state index in [4.69, 9.17) is 9.72 Å². The van der Waals surface area contributed by atoms with Gasteiger partial charge in [0.15, 0.2) is 0 Å². The van der Waals surface area contributed by atoms with Gasteiger partial charge < -0.3 is 15.4 Å². The summed E-state index contributed by atoms with van der Waals surface area (Å²) in [6.45, 7) is 5.64. The van der Waals surface area contributed by atoms with Crippen molar-refractivity contribution < 1.29 is 17.5 Å². The number of hydrogen-bond donors (Lipinski definition) is 3. The Kier molecular flexibility index (Phi) is 9.95. The van der Waals surface area contributed by atoms with Crippen molar-refractivity contribution >= 4 is 44.8 Å². The van der Waals surface area contributed by atoms with Crippen LogP contribution in [0.3, 0.4) is 0 Å². The molecule has 0 bridgehead atoms. The van der Waals surface area contributed by atoms with Crippen LogP contribution in [-0.2, 0) is 10.0 Å². The van der Waals surface area contributed by atoms with Gasteiger partial charge >= 0.3 is 0 Å². The molecule has 0 saturated carbocycles. The SMILES string of the molecule is CCCCS(=O)(=O)Nc1c(F)ccc2c(Oc3ncccc3-c3ccnc(NC4CCCNC4)n3)c(C)ccc12.Cl. The molecule has 1 aliphatic heterocycles. The first-order chi connectivity index (χ1) is 19.3. The number of aryl methyl sites for hydroxylation is 1. The Balaban J connectivity index is 0.00000387. The maximum atomic E-state index is 14.9. The second-order valence-electron chi connectivity index (χ2n) is 9.91. The van der Waals surface area contributed by atoms with Gasteiger partial charge in [-0.05, 0) is 68.6 Å². The Morgan fingerprint density at radius 2 is 1.93 bits per heavy atom. The summed E-state index contributed by atoms with van der Waals surface area (Å²) in [5.74, 6) is 0.551. The molecular weight excluding hydrogens is 567 g/mol. The Morgan fingerprint density at radius 3 is 2.71 bits per heavy atom. The van der Waals surface area contributed by atoms with E-state index in [2.05, 4.69) is 25.3 Å². The van der Waals surface area contributed by atoms with Gasteiger partial charge in [0.1, 0.15) is 11.6 Å². The van der Waals surface area contributed by atoms with Crippen molar-refractivity contribution in [2.24, 2.45) is 0 Å². The quantitative estimate of drug-likeness (QED) is 0.201. The molecule has 12 heteroatoms. The summed E-state index contributed by atoms with van der Waals surface area (Å²) < 4.78 is 49.0. The van der Waals surface area contributed by atoms with Crippen molar-refractivity contribution in [1.29, 1.82) is 0 Å². The number of piperidine rings is 1. The summed E-state index contributed by atoms with van der Waals surface area (Å²) in [5.41, 5.74) is 1.99. The van der Waals surface area contributed by atoms with E-state index in [1.807, 2.05) is 19.9 Å². The summed E-state index contributed by atoms with van der Waals surface area (Å²) in [7, 11) is -3.72. The van der Waals surface area contributed by atoms with E-state index < -0.39 is 15.8 Å². The molecule has 1 unspecified atom stereocenters. The van der Waals surface area contributed by atoms with Gasteiger partial charge in [-0.25, -0.2) is 27.8 Å². The highest BCUT2D eigenvalue weighted by atomic mass is 35.5. The third-order valence-corrected chi connectivity index (χ3v) is 8.19. The summed E-state index contributed by atoms with van der Waals surface area (Å²) in [6, 6.07) is 12.0. The lowest BCUT2D eigenvalue weighted by atomic mass is 10.0. The monoisotopic (exact) mass is 600 g/mol. The van der Waals surface area contributed by atoms with Crippen LogP contribution in [0.2, 0.25) is 0 Å². The first-order valence-electron chi connectivity index (χ1n) is 13.5. The predicted octanol–water partition coefficient (Wildman–Crippen LogP) is 6.06. The van der Waals surface area contributed by atoms with Gasteiger partial charge in [0, 0.05) is 35.8 Å². The van der Waals surface area contributed by atoms with Crippen LogP contribution < -0.4 is 20.1 Å². The van der Waals surface area contributed by atoms with Gasteiger partial charge in [0.25, 0.3) is 0 Å². The summed E-state index contributed by atoms with van der Waals surface area (Å²) in [6.07, 6.45) is 6.65. The van der Waals surface area contributed by atoms with E-state index in [9.17, 15) is 12.8 Å². The number of ether oxygens (including phenoxy) is 1. The van der Waals surface area contributed by atoms with E-state index in [-0.39, 0.29) is 29.9 Å². The Bertz CT molecular complexity index is 1620. The van der Waals surface area contributed by atoms with E-state index in [1.165, 1.54) is 6.07 Å². The molecule has 9 nitrogen and oxygen atoms in total. The van der Waals surface area contributed by atoms with E-state index >= 15 is 0 Å². The average molecular weight is 601 g/mol. The molecule has 1 atom stereocenters.